The van der Waals surface area contributed by atoms with Crippen molar-refractivity contribution in [2.24, 2.45) is 4.99 Å². The molecule has 5 nitrogen and oxygen atoms in total. The number of anilines is 1. The van der Waals surface area contributed by atoms with Gasteiger partial charge in [0, 0.05) is 55.2 Å². The van der Waals surface area contributed by atoms with Gasteiger partial charge in [-0.1, -0.05) is 12.1 Å². The van der Waals surface area contributed by atoms with Crippen LogP contribution in [0.3, 0.4) is 0 Å². The maximum Gasteiger partial charge on any atom is 0.191 e. The van der Waals surface area contributed by atoms with E-state index >= 15 is 0 Å². The number of ether oxygens (including phenoxy) is 1. The molecule has 142 valence electrons. The molecule has 0 aliphatic heterocycles. The second-order valence-corrected chi connectivity index (χ2v) is 7.68. The van der Waals surface area contributed by atoms with Gasteiger partial charge in [0.2, 0.25) is 0 Å². The first-order valence-corrected chi connectivity index (χ1v) is 9.76. The van der Waals surface area contributed by atoms with E-state index in [2.05, 4.69) is 71.2 Å². The molecular weight excluding hydrogens is 344 g/mol. The Hall–Kier alpha value is -2.05. The molecule has 0 saturated heterocycles. The molecule has 6 heteroatoms. The molecule has 0 amide bonds. The topological polar surface area (TPSA) is 57.7 Å². The minimum atomic E-state index is 0.326. The van der Waals surface area contributed by atoms with Crippen LogP contribution in [0.25, 0.3) is 0 Å². The quantitative estimate of drug-likeness (QED) is 0.358. The number of nitrogens with one attached hydrogen (secondary N) is 3. The normalized spacial score (nSPS) is 12.7. The average molecular weight is 375 g/mol. The van der Waals surface area contributed by atoms with Crippen molar-refractivity contribution in [3.63, 3.8) is 0 Å². The second-order valence-electron chi connectivity index (χ2n) is 6.30. The van der Waals surface area contributed by atoms with Gasteiger partial charge in [0.05, 0.1) is 6.61 Å². The maximum atomic E-state index is 5.04. The van der Waals surface area contributed by atoms with Gasteiger partial charge in [-0.05, 0) is 43.7 Å². The lowest BCUT2D eigenvalue weighted by atomic mass is 10.2. The van der Waals surface area contributed by atoms with Crippen LogP contribution in [0.1, 0.15) is 22.2 Å². The van der Waals surface area contributed by atoms with E-state index in [0.29, 0.717) is 12.6 Å². The van der Waals surface area contributed by atoms with Crippen LogP contribution in [-0.4, -0.2) is 39.3 Å². The van der Waals surface area contributed by atoms with Gasteiger partial charge in [0.25, 0.3) is 0 Å². The van der Waals surface area contributed by atoms with Gasteiger partial charge in [-0.25, -0.2) is 0 Å². The molecule has 0 bridgehead atoms. The van der Waals surface area contributed by atoms with Gasteiger partial charge in [-0.2, -0.15) is 0 Å². The summed E-state index contributed by atoms with van der Waals surface area (Å²) in [5, 5.41) is 10.2. The number of aliphatic imine (C=N–C) groups is 1. The molecule has 0 spiro atoms. The largest absolute Gasteiger partial charge is 0.383 e. The summed E-state index contributed by atoms with van der Waals surface area (Å²) in [7, 11) is 3.51. The third-order valence-corrected chi connectivity index (χ3v) is 4.98. The van der Waals surface area contributed by atoms with Crippen molar-refractivity contribution in [1.82, 2.24) is 10.6 Å². The molecule has 3 N–H and O–H groups in total. The standard InChI is InChI=1S/C20H30N4OS/c1-15(13-19-10-5-16(2)26-19)24-20(21-3)23-14-17-6-8-18(9-7-17)22-11-12-25-4/h5-10,15,22H,11-14H2,1-4H3,(H2,21,23,24). The first kappa shape index (κ1) is 20.3. The van der Waals surface area contributed by atoms with Gasteiger partial charge in [-0.3, -0.25) is 4.99 Å². The summed E-state index contributed by atoms with van der Waals surface area (Å²) in [6, 6.07) is 13.1. The number of methoxy groups -OCH3 is 1. The maximum absolute atomic E-state index is 5.04. The Morgan fingerprint density at radius 2 is 1.96 bits per heavy atom. The lowest BCUT2D eigenvalue weighted by Gasteiger charge is -2.17. The zero-order valence-corrected chi connectivity index (χ0v) is 17.0. The van der Waals surface area contributed by atoms with Crippen LogP contribution in [0.15, 0.2) is 41.4 Å². The number of guanidine groups is 1. The van der Waals surface area contributed by atoms with Crippen molar-refractivity contribution >= 4 is 23.0 Å². The van der Waals surface area contributed by atoms with Crippen molar-refractivity contribution in [2.75, 3.05) is 32.6 Å². The van der Waals surface area contributed by atoms with Crippen molar-refractivity contribution < 1.29 is 4.74 Å². The summed E-state index contributed by atoms with van der Waals surface area (Å²) in [4.78, 5) is 7.08. The van der Waals surface area contributed by atoms with E-state index in [1.807, 2.05) is 11.3 Å². The molecule has 2 aromatic rings. The minimum Gasteiger partial charge on any atom is -0.383 e. The first-order chi connectivity index (χ1) is 12.6. The van der Waals surface area contributed by atoms with Gasteiger partial charge >= 0.3 is 0 Å². The van der Waals surface area contributed by atoms with E-state index in [0.717, 1.165) is 31.2 Å². The van der Waals surface area contributed by atoms with Crippen molar-refractivity contribution in [2.45, 2.75) is 32.9 Å². The fraction of sp³-hybridized carbons (Fsp3) is 0.450. The van der Waals surface area contributed by atoms with E-state index in [1.165, 1.54) is 15.3 Å². The zero-order chi connectivity index (χ0) is 18.8. The SMILES string of the molecule is CN=C(NCc1ccc(NCCOC)cc1)NC(C)Cc1ccc(C)s1. The highest BCUT2D eigenvalue weighted by Gasteiger charge is 2.08. The number of hydrogen-bond donors (Lipinski definition) is 3. The van der Waals surface area contributed by atoms with Gasteiger partial charge < -0.3 is 20.7 Å². The van der Waals surface area contributed by atoms with Crippen LogP contribution in [0.2, 0.25) is 0 Å². The van der Waals surface area contributed by atoms with Gasteiger partial charge in [0.15, 0.2) is 5.96 Å². The molecule has 1 unspecified atom stereocenters. The Morgan fingerprint density at radius 3 is 2.58 bits per heavy atom. The molecule has 0 aliphatic rings. The lowest BCUT2D eigenvalue weighted by molar-refractivity contribution is 0.211. The molecule has 1 atom stereocenters. The van der Waals surface area contributed by atoms with E-state index in [9.17, 15) is 0 Å². The van der Waals surface area contributed by atoms with Crippen LogP contribution in [0.4, 0.5) is 5.69 Å². The van der Waals surface area contributed by atoms with E-state index in [4.69, 9.17) is 4.74 Å². The molecule has 0 aliphatic carbocycles. The number of thiophene rings is 1. The monoisotopic (exact) mass is 374 g/mol. The van der Waals surface area contributed by atoms with Crippen molar-refractivity contribution in [3.05, 3.63) is 51.7 Å². The van der Waals surface area contributed by atoms with Crippen molar-refractivity contribution in [1.29, 1.82) is 0 Å². The Balaban J connectivity index is 1.77. The fourth-order valence-corrected chi connectivity index (χ4v) is 3.62. The number of hydrogen-bond acceptors (Lipinski definition) is 4. The fourth-order valence-electron chi connectivity index (χ4n) is 2.60. The Bertz CT molecular complexity index is 681. The summed E-state index contributed by atoms with van der Waals surface area (Å²) in [5.41, 5.74) is 2.32. The summed E-state index contributed by atoms with van der Waals surface area (Å²) in [6.45, 7) is 6.58. The van der Waals surface area contributed by atoms with Gasteiger partial charge in [0.1, 0.15) is 0 Å². The Labute approximate surface area is 160 Å². The minimum absolute atomic E-state index is 0.326. The van der Waals surface area contributed by atoms with Gasteiger partial charge in [-0.15, -0.1) is 11.3 Å². The molecule has 1 aromatic heterocycles. The number of rotatable bonds is 9. The van der Waals surface area contributed by atoms with Crippen LogP contribution in [0.5, 0.6) is 0 Å². The number of aryl methyl sites for hydroxylation is 1. The molecule has 0 fully saturated rings. The van der Waals surface area contributed by atoms with E-state index < -0.39 is 0 Å². The van der Waals surface area contributed by atoms with E-state index in [1.54, 1.807) is 14.2 Å². The summed E-state index contributed by atoms with van der Waals surface area (Å²) in [6.07, 6.45) is 1.00. The summed E-state index contributed by atoms with van der Waals surface area (Å²) >= 11 is 1.86. The Kier molecular flexibility index (Phi) is 8.44. The summed E-state index contributed by atoms with van der Waals surface area (Å²) < 4.78 is 5.04. The molecule has 2 rings (SSSR count). The van der Waals surface area contributed by atoms with Crippen molar-refractivity contribution in [3.8, 4) is 0 Å². The molecule has 26 heavy (non-hydrogen) atoms. The molecular formula is C20H30N4OS. The van der Waals surface area contributed by atoms with E-state index in [-0.39, 0.29) is 0 Å². The number of benzene rings is 1. The highest BCUT2D eigenvalue weighted by Crippen LogP contribution is 2.16. The number of nitrogens with zero attached hydrogens (tertiary/aromatic N) is 1. The smallest absolute Gasteiger partial charge is 0.191 e. The van der Waals surface area contributed by atoms with Crippen LogP contribution >= 0.6 is 11.3 Å². The Morgan fingerprint density at radius 1 is 1.19 bits per heavy atom. The molecule has 1 aromatic carbocycles. The predicted molar refractivity (Wildman–Crippen MR) is 112 cm³/mol. The third kappa shape index (κ3) is 7.06. The van der Waals surface area contributed by atoms with Crippen LogP contribution in [-0.2, 0) is 17.7 Å². The highest BCUT2D eigenvalue weighted by molar-refractivity contribution is 7.11. The van der Waals surface area contributed by atoms with Crippen LogP contribution in [0, 0.1) is 6.92 Å². The molecule has 1 heterocycles. The second kappa shape index (κ2) is 10.8. The predicted octanol–water partition coefficient (Wildman–Crippen LogP) is 3.41. The average Bonchev–Trinajstić information content (AvgIpc) is 3.04. The first-order valence-electron chi connectivity index (χ1n) is 8.95. The molecule has 0 radical (unpaired) electrons. The van der Waals surface area contributed by atoms with Crippen LogP contribution < -0.4 is 16.0 Å². The zero-order valence-electron chi connectivity index (χ0n) is 16.1. The summed E-state index contributed by atoms with van der Waals surface area (Å²) in [5.74, 6) is 0.827. The third-order valence-electron chi connectivity index (χ3n) is 3.96. The molecule has 0 saturated carbocycles. The highest BCUT2D eigenvalue weighted by atomic mass is 32.1. The lowest BCUT2D eigenvalue weighted by Crippen LogP contribution is -2.42.